The highest BCUT2D eigenvalue weighted by molar-refractivity contribution is 7.85. The fourth-order valence-electron chi connectivity index (χ4n) is 2.29. The van der Waals surface area contributed by atoms with Crippen molar-refractivity contribution in [2.45, 2.75) is 36.5 Å². The van der Waals surface area contributed by atoms with Gasteiger partial charge in [-0.2, -0.15) is 26.3 Å². The van der Waals surface area contributed by atoms with Crippen molar-refractivity contribution in [3.8, 4) is 0 Å². The van der Waals surface area contributed by atoms with Gasteiger partial charge in [0.1, 0.15) is 18.1 Å². The first-order valence-corrected chi connectivity index (χ1v) is 9.75. The van der Waals surface area contributed by atoms with Crippen molar-refractivity contribution in [2.75, 3.05) is 17.6 Å². The summed E-state index contributed by atoms with van der Waals surface area (Å²) in [5.41, 5.74) is -0.000541. The van der Waals surface area contributed by atoms with Gasteiger partial charge >= 0.3 is 12.4 Å². The molecule has 1 fully saturated rings. The topological polar surface area (TPSA) is 41.5 Å². The van der Waals surface area contributed by atoms with E-state index >= 15 is 0 Å². The Morgan fingerprint density at radius 2 is 1.74 bits per heavy atom. The summed E-state index contributed by atoms with van der Waals surface area (Å²) in [7, 11) is -2.49. The second-order valence-electron chi connectivity index (χ2n) is 5.94. The molecule has 152 valence electrons. The molecular weight excluding hydrogens is 441 g/mol. The van der Waals surface area contributed by atoms with Crippen molar-refractivity contribution < 1.29 is 30.6 Å². The lowest BCUT2D eigenvalue weighted by Crippen LogP contribution is -2.30. The van der Waals surface area contributed by atoms with Gasteiger partial charge in [-0.05, 0) is 25.0 Å². The number of anilines is 1. The van der Waals surface area contributed by atoms with Gasteiger partial charge in [-0.25, -0.2) is 0 Å². The molecule has 1 aliphatic rings. The average Bonchev–Trinajstić information content (AvgIpc) is 2.42. The van der Waals surface area contributed by atoms with Gasteiger partial charge in [-0.3, -0.25) is 9.20 Å². The third-order valence-electron chi connectivity index (χ3n) is 3.74. The molecular formula is C15H14Cl2F6N2OS. The van der Waals surface area contributed by atoms with Crippen LogP contribution in [0.5, 0.6) is 0 Å². The molecule has 27 heavy (non-hydrogen) atoms. The van der Waals surface area contributed by atoms with E-state index in [-0.39, 0.29) is 32.4 Å². The molecule has 2 rings (SSSR count). The second kappa shape index (κ2) is 8.57. The molecule has 0 amide bonds. The zero-order valence-electron chi connectivity index (χ0n) is 13.6. The van der Waals surface area contributed by atoms with Gasteiger partial charge in [-0.15, -0.1) is 0 Å². The maximum atomic E-state index is 12.5. The van der Waals surface area contributed by atoms with Crippen LogP contribution in [0.25, 0.3) is 0 Å². The zero-order valence-corrected chi connectivity index (χ0v) is 15.9. The van der Waals surface area contributed by atoms with Crippen molar-refractivity contribution in [1.82, 2.24) is 0 Å². The summed E-state index contributed by atoms with van der Waals surface area (Å²) in [6.07, 6.45) is -7.09. The lowest BCUT2D eigenvalue weighted by Gasteiger charge is -2.28. The minimum Gasteiger partial charge on any atom is -0.343 e. The van der Waals surface area contributed by atoms with Gasteiger partial charge in [0.15, 0.2) is 0 Å². The summed E-state index contributed by atoms with van der Waals surface area (Å²) in [6.45, 7) is -1.40. The van der Waals surface area contributed by atoms with E-state index in [4.69, 9.17) is 23.2 Å². The molecule has 1 aromatic rings. The Bertz CT molecular complexity index is 747. The van der Waals surface area contributed by atoms with Crippen LogP contribution in [0.2, 0.25) is 10.0 Å². The Morgan fingerprint density at radius 1 is 1.11 bits per heavy atom. The van der Waals surface area contributed by atoms with Gasteiger partial charge < -0.3 is 5.32 Å². The highest BCUT2D eigenvalue weighted by atomic mass is 35.5. The number of aliphatic imine (C=N–C) groups is 1. The number of hydrogen-bond donors (Lipinski definition) is 1. The number of nitrogens with zero attached hydrogens (tertiary/aromatic N) is 1. The third kappa shape index (κ3) is 6.83. The van der Waals surface area contributed by atoms with Crippen LogP contribution in [0.3, 0.4) is 0 Å². The molecule has 1 aliphatic carbocycles. The molecule has 0 radical (unpaired) electrons. The molecule has 0 aromatic heterocycles. The lowest BCUT2D eigenvalue weighted by atomic mass is 9.84. The SMILES string of the molecule is O=S(CC(F)(F)F)c1cc(NC(=NCC(F)(F)F)C2CCC2)c(Cl)cc1Cl. The molecule has 1 N–H and O–H groups in total. The highest BCUT2D eigenvalue weighted by Crippen LogP contribution is 2.35. The number of rotatable bonds is 5. The van der Waals surface area contributed by atoms with Crippen LogP contribution in [0.4, 0.5) is 32.0 Å². The van der Waals surface area contributed by atoms with Crippen LogP contribution in [0, 0.1) is 5.92 Å². The summed E-state index contributed by atoms with van der Waals surface area (Å²) in [6, 6.07) is 2.14. The summed E-state index contributed by atoms with van der Waals surface area (Å²) in [4.78, 5) is 3.23. The predicted octanol–water partition coefficient (Wildman–Crippen LogP) is 5.84. The molecule has 0 aliphatic heterocycles. The van der Waals surface area contributed by atoms with E-state index in [1.165, 1.54) is 0 Å². The summed E-state index contributed by atoms with van der Waals surface area (Å²) in [5, 5.41) is 2.38. The number of alkyl halides is 6. The number of halogens is 8. The Kier molecular flexibility index (Phi) is 7.07. The normalized spacial score (nSPS) is 17.6. The maximum Gasteiger partial charge on any atom is 0.408 e. The molecule has 12 heteroatoms. The summed E-state index contributed by atoms with van der Waals surface area (Å²) in [5.74, 6) is -1.80. The van der Waals surface area contributed by atoms with Crippen molar-refractivity contribution in [2.24, 2.45) is 10.9 Å². The van der Waals surface area contributed by atoms with E-state index in [0.717, 1.165) is 18.6 Å². The minimum absolute atomic E-state index is 0.000541. The third-order valence-corrected chi connectivity index (χ3v) is 5.90. The van der Waals surface area contributed by atoms with Gasteiger partial charge in [-0.1, -0.05) is 29.6 Å². The largest absolute Gasteiger partial charge is 0.408 e. The monoisotopic (exact) mass is 454 g/mol. The first-order valence-electron chi connectivity index (χ1n) is 7.68. The van der Waals surface area contributed by atoms with E-state index in [0.29, 0.717) is 12.8 Å². The van der Waals surface area contributed by atoms with E-state index in [9.17, 15) is 30.6 Å². The standard InChI is InChI=1S/C15H14Cl2F6N2OS/c16-9-4-10(17)12(27(26)7-15(21,22)23)5-11(9)25-13(8-2-1-3-8)24-6-14(18,19)20/h4-5,8H,1-3,6-7H2,(H,24,25). The summed E-state index contributed by atoms with van der Waals surface area (Å²) < 4.78 is 86.8. The van der Waals surface area contributed by atoms with Crippen LogP contribution >= 0.6 is 23.2 Å². The molecule has 0 heterocycles. The van der Waals surface area contributed by atoms with Crippen LogP contribution in [-0.2, 0) is 10.8 Å². The van der Waals surface area contributed by atoms with Crippen LogP contribution in [0.1, 0.15) is 19.3 Å². The Hall–Kier alpha value is -1.00. The minimum atomic E-state index is -4.67. The number of amidine groups is 1. The number of hydrogen-bond acceptors (Lipinski definition) is 2. The molecule has 1 unspecified atom stereocenters. The molecule has 1 saturated carbocycles. The first kappa shape index (κ1) is 22.3. The van der Waals surface area contributed by atoms with Crippen molar-refractivity contribution in [3.63, 3.8) is 0 Å². The average molecular weight is 455 g/mol. The first-order chi connectivity index (χ1) is 12.4. The second-order valence-corrected chi connectivity index (χ2v) is 8.17. The van der Waals surface area contributed by atoms with Crippen LogP contribution in [-0.4, -0.2) is 34.7 Å². The van der Waals surface area contributed by atoms with Crippen molar-refractivity contribution >= 4 is 45.5 Å². The fourth-order valence-corrected chi connectivity index (χ4v) is 3.96. The molecule has 0 saturated heterocycles. The summed E-state index contributed by atoms with van der Waals surface area (Å²) >= 11 is 11.8. The Balaban J connectivity index is 2.30. The maximum absolute atomic E-state index is 12.5. The lowest BCUT2D eigenvalue weighted by molar-refractivity contribution is -0.118. The van der Waals surface area contributed by atoms with Gasteiger partial charge in [0.05, 0.1) is 31.4 Å². The molecule has 1 aromatic carbocycles. The molecule has 0 spiro atoms. The molecule has 1 atom stereocenters. The van der Waals surface area contributed by atoms with Crippen molar-refractivity contribution in [1.29, 1.82) is 0 Å². The fraction of sp³-hybridized carbons (Fsp3) is 0.533. The number of benzene rings is 1. The van der Waals surface area contributed by atoms with Crippen LogP contribution < -0.4 is 5.32 Å². The Labute approximate surface area is 163 Å². The van der Waals surface area contributed by atoms with Crippen LogP contribution in [0.15, 0.2) is 22.0 Å². The van der Waals surface area contributed by atoms with E-state index in [2.05, 4.69) is 10.3 Å². The molecule has 3 nitrogen and oxygen atoms in total. The van der Waals surface area contributed by atoms with E-state index < -0.39 is 35.4 Å². The Morgan fingerprint density at radius 3 is 2.22 bits per heavy atom. The highest BCUT2D eigenvalue weighted by Gasteiger charge is 2.33. The van der Waals surface area contributed by atoms with Crippen molar-refractivity contribution in [3.05, 3.63) is 22.2 Å². The number of nitrogens with one attached hydrogen (secondary N) is 1. The predicted molar refractivity (Wildman–Crippen MR) is 93.1 cm³/mol. The van der Waals surface area contributed by atoms with E-state index in [1.807, 2.05) is 0 Å². The smallest absolute Gasteiger partial charge is 0.343 e. The molecule has 0 bridgehead atoms. The van der Waals surface area contributed by atoms with Gasteiger partial charge in [0.25, 0.3) is 0 Å². The van der Waals surface area contributed by atoms with Gasteiger partial charge in [0.2, 0.25) is 0 Å². The van der Waals surface area contributed by atoms with E-state index in [1.54, 1.807) is 0 Å². The zero-order chi connectivity index (χ0) is 20.4. The van der Waals surface area contributed by atoms with Gasteiger partial charge in [0, 0.05) is 5.92 Å². The quantitative estimate of drug-likeness (QED) is 0.345.